The smallest absolute Gasteiger partial charge is 0.253 e. The summed E-state index contributed by atoms with van der Waals surface area (Å²) in [6.45, 7) is 2.37. The largest absolute Gasteiger partial charge is 0.488 e. The van der Waals surface area contributed by atoms with E-state index < -0.39 is 0 Å². The van der Waals surface area contributed by atoms with Crippen LogP contribution in [0.5, 0.6) is 5.75 Å². The molecule has 0 unspecified atom stereocenters. The lowest BCUT2D eigenvalue weighted by atomic mass is 10.1. The Kier molecular flexibility index (Phi) is 3.75. The maximum Gasteiger partial charge on any atom is 0.253 e. The monoisotopic (exact) mass is 312 g/mol. The van der Waals surface area contributed by atoms with Crippen molar-refractivity contribution in [3.63, 3.8) is 0 Å². The summed E-state index contributed by atoms with van der Waals surface area (Å²) in [6, 6.07) is 4.21. The summed E-state index contributed by atoms with van der Waals surface area (Å²) in [5.41, 5.74) is 2.72. The molecule has 2 aliphatic rings. The van der Waals surface area contributed by atoms with Gasteiger partial charge in [-0.1, -0.05) is 0 Å². The van der Waals surface area contributed by atoms with Gasteiger partial charge in [-0.15, -0.1) is 0 Å². The number of fused-ring (bicyclic) bond motifs is 1. The Bertz CT molecular complexity index is 719. The van der Waals surface area contributed by atoms with Gasteiger partial charge < -0.3 is 19.9 Å². The summed E-state index contributed by atoms with van der Waals surface area (Å²) in [4.78, 5) is 16.1. The van der Waals surface area contributed by atoms with E-state index in [0.717, 1.165) is 42.1 Å². The number of amides is 1. The van der Waals surface area contributed by atoms with Crippen molar-refractivity contribution in [1.82, 2.24) is 20.2 Å². The first-order valence-electron chi connectivity index (χ1n) is 8.12. The number of hydrogen-bond donors (Lipinski definition) is 2. The van der Waals surface area contributed by atoms with Gasteiger partial charge in [-0.05, 0) is 31.5 Å². The second-order valence-electron chi connectivity index (χ2n) is 6.00. The van der Waals surface area contributed by atoms with Crippen LogP contribution in [0.3, 0.4) is 0 Å². The molecule has 1 saturated heterocycles. The third-order valence-electron chi connectivity index (χ3n) is 4.51. The summed E-state index contributed by atoms with van der Waals surface area (Å²) < 4.78 is 8.07. The molecule has 2 aromatic heterocycles. The van der Waals surface area contributed by atoms with Crippen molar-refractivity contribution in [3.05, 3.63) is 42.0 Å². The minimum atomic E-state index is -0.00307. The average molecular weight is 312 g/mol. The number of hydrogen-bond acceptors (Lipinski definition) is 4. The Morgan fingerprint density at radius 1 is 1.35 bits per heavy atom. The van der Waals surface area contributed by atoms with Crippen LogP contribution < -0.4 is 15.4 Å². The number of pyridine rings is 1. The fraction of sp³-hybridized carbons (Fsp3) is 0.412. The molecule has 1 fully saturated rings. The standard InChI is InChI=1S/C17H20N4O2/c22-17-13-5-9-21(14(13)4-8-20-17)15-3-7-18-10-16(15)23-11-12-2-1-6-19-12/h3,5,7,9-10,12,19H,1-2,4,6,8,11H2,(H,20,22)/t12-/m0/s1. The first-order valence-corrected chi connectivity index (χ1v) is 8.12. The van der Waals surface area contributed by atoms with Crippen LogP contribution in [-0.2, 0) is 6.42 Å². The van der Waals surface area contributed by atoms with E-state index >= 15 is 0 Å². The van der Waals surface area contributed by atoms with E-state index in [1.807, 2.05) is 22.9 Å². The van der Waals surface area contributed by atoms with Crippen LogP contribution in [0.2, 0.25) is 0 Å². The van der Waals surface area contributed by atoms with Crippen LogP contribution in [0.4, 0.5) is 0 Å². The van der Waals surface area contributed by atoms with E-state index in [9.17, 15) is 4.79 Å². The lowest BCUT2D eigenvalue weighted by Gasteiger charge is -2.19. The molecule has 6 nitrogen and oxygen atoms in total. The minimum absolute atomic E-state index is 0.00307. The first kappa shape index (κ1) is 14.3. The van der Waals surface area contributed by atoms with Gasteiger partial charge in [0.05, 0.1) is 17.4 Å². The normalized spacial score (nSPS) is 20.2. The topological polar surface area (TPSA) is 68.2 Å². The Labute approximate surface area is 134 Å². The first-order chi connectivity index (χ1) is 11.3. The number of rotatable bonds is 4. The minimum Gasteiger partial charge on any atom is -0.488 e. The molecule has 120 valence electrons. The number of nitrogens with zero attached hydrogens (tertiary/aromatic N) is 2. The summed E-state index contributed by atoms with van der Waals surface area (Å²) in [6.07, 6.45) is 8.61. The van der Waals surface area contributed by atoms with Crippen molar-refractivity contribution in [1.29, 1.82) is 0 Å². The highest BCUT2D eigenvalue weighted by Crippen LogP contribution is 2.27. The van der Waals surface area contributed by atoms with E-state index in [-0.39, 0.29) is 5.91 Å². The van der Waals surface area contributed by atoms with Crippen LogP contribution in [0.25, 0.3) is 5.69 Å². The molecule has 1 atom stereocenters. The zero-order valence-corrected chi connectivity index (χ0v) is 12.9. The lowest BCUT2D eigenvalue weighted by molar-refractivity contribution is 0.0945. The molecule has 0 radical (unpaired) electrons. The second kappa shape index (κ2) is 6.04. The molecule has 1 amide bonds. The molecular weight excluding hydrogens is 292 g/mol. The summed E-state index contributed by atoms with van der Waals surface area (Å²) in [5, 5.41) is 6.31. The predicted octanol–water partition coefficient (Wildman–Crippen LogP) is 1.29. The highest BCUT2D eigenvalue weighted by atomic mass is 16.5. The third kappa shape index (κ3) is 2.70. The maximum absolute atomic E-state index is 11.9. The molecule has 0 aromatic carbocycles. The van der Waals surface area contributed by atoms with Crippen molar-refractivity contribution in [2.75, 3.05) is 19.7 Å². The van der Waals surface area contributed by atoms with E-state index in [4.69, 9.17) is 4.74 Å². The third-order valence-corrected chi connectivity index (χ3v) is 4.51. The summed E-state index contributed by atoms with van der Waals surface area (Å²) >= 11 is 0. The zero-order valence-electron chi connectivity index (χ0n) is 12.9. The molecule has 4 rings (SSSR count). The van der Waals surface area contributed by atoms with Gasteiger partial charge in [0, 0.05) is 37.1 Å². The van der Waals surface area contributed by atoms with Gasteiger partial charge in [-0.3, -0.25) is 9.78 Å². The highest BCUT2D eigenvalue weighted by molar-refractivity contribution is 5.96. The van der Waals surface area contributed by atoms with Gasteiger partial charge in [0.15, 0.2) is 5.75 Å². The molecule has 2 N–H and O–H groups in total. The highest BCUT2D eigenvalue weighted by Gasteiger charge is 2.22. The molecule has 6 heteroatoms. The van der Waals surface area contributed by atoms with Crippen molar-refractivity contribution >= 4 is 5.91 Å². The maximum atomic E-state index is 11.9. The Morgan fingerprint density at radius 3 is 3.17 bits per heavy atom. The van der Waals surface area contributed by atoms with E-state index in [0.29, 0.717) is 19.2 Å². The molecule has 0 bridgehead atoms. The van der Waals surface area contributed by atoms with Crippen molar-refractivity contribution < 1.29 is 9.53 Å². The van der Waals surface area contributed by atoms with Crippen molar-refractivity contribution in [2.24, 2.45) is 0 Å². The fourth-order valence-electron chi connectivity index (χ4n) is 3.31. The number of ether oxygens (including phenoxy) is 1. The van der Waals surface area contributed by atoms with Gasteiger partial charge in [0.1, 0.15) is 6.61 Å². The molecule has 2 aromatic rings. The van der Waals surface area contributed by atoms with E-state index in [1.165, 1.54) is 6.42 Å². The van der Waals surface area contributed by atoms with Crippen LogP contribution in [-0.4, -0.2) is 41.2 Å². The number of nitrogens with one attached hydrogen (secondary N) is 2. The van der Waals surface area contributed by atoms with Crippen LogP contribution in [0.15, 0.2) is 30.7 Å². The second-order valence-corrected chi connectivity index (χ2v) is 6.00. The van der Waals surface area contributed by atoms with Crippen LogP contribution in [0, 0.1) is 0 Å². The summed E-state index contributed by atoms with van der Waals surface area (Å²) in [5.74, 6) is 0.752. The molecule has 0 spiro atoms. The summed E-state index contributed by atoms with van der Waals surface area (Å²) in [7, 11) is 0. The number of carbonyl (C=O) groups excluding carboxylic acids is 1. The number of aromatic nitrogens is 2. The molecule has 2 aliphatic heterocycles. The van der Waals surface area contributed by atoms with Crippen LogP contribution >= 0.6 is 0 Å². The average Bonchev–Trinajstić information content (AvgIpc) is 3.23. The predicted molar refractivity (Wildman–Crippen MR) is 86.1 cm³/mol. The van der Waals surface area contributed by atoms with Gasteiger partial charge in [0.25, 0.3) is 5.91 Å². The molecule has 0 aliphatic carbocycles. The zero-order chi connectivity index (χ0) is 15.6. The fourth-order valence-corrected chi connectivity index (χ4v) is 3.31. The number of carbonyl (C=O) groups is 1. The van der Waals surface area contributed by atoms with Crippen molar-refractivity contribution in [2.45, 2.75) is 25.3 Å². The van der Waals surface area contributed by atoms with E-state index in [1.54, 1.807) is 12.4 Å². The lowest BCUT2D eigenvalue weighted by Crippen LogP contribution is -2.32. The molecular formula is C17H20N4O2. The Hall–Kier alpha value is -2.34. The Morgan fingerprint density at radius 2 is 2.30 bits per heavy atom. The molecule has 0 saturated carbocycles. The van der Waals surface area contributed by atoms with Gasteiger partial charge in [0.2, 0.25) is 0 Å². The van der Waals surface area contributed by atoms with Gasteiger partial charge in [-0.25, -0.2) is 0 Å². The molecule has 4 heterocycles. The van der Waals surface area contributed by atoms with Crippen LogP contribution in [0.1, 0.15) is 28.9 Å². The Balaban J connectivity index is 1.63. The quantitative estimate of drug-likeness (QED) is 0.893. The van der Waals surface area contributed by atoms with E-state index in [2.05, 4.69) is 15.6 Å². The van der Waals surface area contributed by atoms with Gasteiger partial charge in [-0.2, -0.15) is 0 Å². The molecule has 23 heavy (non-hydrogen) atoms. The van der Waals surface area contributed by atoms with Gasteiger partial charge >= 0.3 is 0 Å². The SMILES string of the molecule is O=C1NCCc2c1ccn2-c1ccncc1OC[C@@H]1CCCN1. The van der Waals surface area contributed by atoms with Crippen molar-refractivity contribution in [3.8, 4) is 11.4 Å².